The van der Waals surface area contributed by atoms with Gasteiger partial charge in [-0.05, 0) is 42.5 Å². The van der Waals surface area contributed by atoms with Gasteiger partial charge in [0.25, 0.3) is 0 Å². The molecule has 5 nitrogen and oxygen atoms in total. The molecule has 4 rings (SSSR count). The largest absolute Gasteiger partial charge is 0.397 e. The summed E-state index contributed by atoms with van der Waals surface area (Å²) in [5, 5.41) is 11.5. The maximum absolute atomic E-state index is 5.82. The average molecular weight is 317 g/mol. The van der Waals surface area contributed by atoms with Crippen molar-refractivity contribution in [3.8, 4) is 11.1 Å². The SMILES string of the molecule is C=C(N)c1n[nH]c2ccc(-c3cncc(NC(=C)C4CC4)c3)cc12. The van der Waals surface area contributed by atoms with E-state index in [9.17, 15) is 0 Å². The number of aromatic nitrogens is 3. The quantitative estimate of drug-likeness (QED) is 0.667. The minimum Gasteiger partial charge on any atom is -0.397 e. The second-order valence-corrected chi connectivity index (χ2v) is 6.24. The van der Waals surface area contributed by atoms with Crippen LogP contribution in [0.3, 0.4) is 0 Å². The highest BCUT2D eigenvalue weighted by Crippen LogP contribution is 2.36. The molecule has 0 atom stereocenters. The number of benzene rings is 1. The second kappa shape index (κ2) is 5.53. The van der Waals surface area contributed by atoms with Crippen molar-refractivity contribution in [2.24, 2.45) is 11.7 Å². The third-order valence-electron chi connectivity index (χ3n) is 4.31. The lowest BCUT2D eigenvalue weighted by atomic mass is 10.0. The van der Waals surface area contributed by atoms with Crippen molar-refractivity contribution in [1.82, 2.24) is 15.2 Å². The van der Waals surface area contributed by atoms with Crippen molar-refractivity contribution in [2.45, 2.75) is 12.8 Å². The van der Waals surface area contributed by atoms with E-state index in [4.69, 9.17) is 5.73 Å². The van der Waals surface area contributed by atoms with Gasteiger partial charge in [-0.3, -0.25) is 10.1 Å². The fraction of sp³-hybridized carbons (Fsp3) is 0.158. The first-order chi connectivity index (χ1) is 11.6. The summed E-state index contributed by atoms with van der Waals surface area (Å²) in [6.45, 7) is 7.89. The predicted octanol–water partition coefficient (Wildman–Crippen LogP) is 3.89. The summed E-state index contributed by atoms with van der Waals surface area (Å²) in [5.41, 5.74) is 12.0. The molecule has 0 spiro atoms. The molecule has 1 saturated carbocycles. The average Bonchev–Trinajstić information content (AvgIpc) is 3.34. The van der Waals surface area contributed by atoms with Gasteiger partial charge in [0.15, 0.2) is 0 Å². The van der Waals surface area contributed by atoms with E-state index in [0.717, 1.165) is 33.4 Å². The van der Waals surface area contributed by atoms with Crippen LogP contribution in [-0.4, -0.2) is 15.2 Å². The Morgan fingerprint density at radius 3 is 2.75 bits per heavy atom. The molecule has 1 aliphatic carbocycles. The van der Waals surface area contributed by atoms with Crippen molar-refractivity contribution >= 4 is 22.3 Å². The highest BCUT2D eigenvalue weighted by molar-refractivity contribution is 5.92. The molecule has 1 fully saturated rings. The smallest absolute Gasteiger partial charge is 0.115 e. The molecule has 2 heterocycles. The molecule has 0 unspecified atom stereocenters. The van der Waals surface area contributed by atoms with Crippen LogP contribution in [0.4, 0.5) is 5.69 Å². The summed E-state index contributed by atoms with van der Waals surface area (Å²) in [6, 6.07) is 8.18. The highest BCUT2D eigenvalue weighted by Gasteiger charge is 2.24. The van der Waals surface area contributed by atoms with Crippen molar-refractivity contribution in [1.29, 1.82) is 0 Å². The Balaban J connectivity index is 1.70. The van der Waals surface area contributed by atoms with Gasteiger partial charge in [0.05, 0.1) is 23.1 Å². The van der Waals surface area contributed by atoms with Crippen LogP contribution in [0.2, 0.25) is 0 Å². The Kier molecular flexibility index (Phi) is 3.34. The van der Waals surface area contributed by atoms with Crippen molar-refractivity contribution < 1.29 is 0 Å². The summed E-state index contributed by atoms with van der Waals surface area (Å²) in [5.74, 6) is 0.606. The minimum atomic E-state index is 0.452. The van der Waals surface area contributed by atoms with Crippen LogP contribution in [0.1, 0.15) is 18.5 Å². The zero-order valence-corrected chi connectivity index (χ0v) is 13.3. The van der Waals surface area contributed by atoms with Gasteiger partial charge in [-0.15, -0.1) is 0 Å². The first-order valence-electron chi connectivity index (χ1n) is 7.96. The van der Waals surface area contributed by atoms with Gasteiger partial charge in [-0.1, -0.05) is 19.2 Å². The third-order valence-corrected chi connectivity index (χ3v) is 4.31. The second-order valence-electron chi connectivity index (χ2n) is 6.24. The van der Waals surface area contributed by atoms with E-state index < -0.39 is 0 Å². The number of pyridine rings is 1. The molecule has 3 aromatic rings. The molecule has 1 aliphatic rings. The number of rotatable bonds is 5. The Morgan fingerprint density at radius 1 is 1.17 bits per heavy atom. The molecule has 4 N–H and O–H groups in total. The summed E-state index contributed by atoms with van der Waals surface area (Å²) in [6.07, 6.45) is 6.12. The van der Waals surface area contributed by atoms with Crippen LogP contribution >= 0.6 is 0 Å². The Labute approximate surface area is 140 Å². The Bertz CT molecular complexity index is 949. The van der Waals surface area contributed by atoms with Crippen LogP contribution in [0.5, 0.6) is 0 Å². The number of hydrogen-bond donors (Lipinski definition) is 3. The van der Waals surface area contributed by atoms with Gasteiger partial charge in [0.2, 0.25) is 0 Å². The molecule has 1 aromatic carbocycles. The molecular formula is C19H19N5. The molecule has 2 aromatic heterocycles. The molecular weight excluding hydrogens is 298 g/mol. The van der Waals surface area contributed by atoms with E-state index in [-0.39, 0.29) is 0 Å². The first-order valence-corrected chi connectivity index (χ1v) is 7.96. The standard InChI is InChI=1S/C19H19N5/c1-11(20)19-17-8-14(5-6-18(17)23-24-19)15-7-16(10-21-9-15)22-12(2)13-3-4-13/h5-10,13,22H,1-4,20H2,(H,23,24). The van der Waals surface area contributed by atoms with Crippen molar-refractivity contribution in [3.05, 3.63) is 61.2 Å². The van der Waals surface area contributed by atoms with Gasteiger partial charge in [0.1, 0.15) is 5.69 Å². The number of H-pyrrole nitrogens is 1. The fourth-order valence-electron chi connectivity index (χ4n) is 2.82. The lowest BCUT2D eigenvalue weighted by Crippen LogP contribution is -2.00. The van der Waals surface area contributed by atoms with Gasteiger partial charge < -0.3 is 11.1 Å². The number of nitrogens with two attached hydrogens (primary N) is 1. The predicted molar refractivity (Wildman–Crippen MR) is 98.0 cm³/mol. The molecule has 0 aliphatic heterocycles. The van der Waals surface area contributed by atoms with Gasteiger partial charge in [0, 0.05) is 22.8 Å². The van der Waals surface area contributed by atoms with E-state index in [0.29, 0.717) is 17.3 Å². The van der Waals surface area contributed by atoms with Crippen molar-refractivity contribution in [3.63, 3.8) is 0 Å². The highest BCUT2D eigenvalue weighted by atomic mass is 15.1. The fourth-order valence-corrected chi connectivity index (χ4v) is 2.82. The van der Waals surface area contributed by atoms with Gasteiger partial charge >= 0.3 is 0 Å². The normalized spacial score (nSPS) is 13.8. The molecule has 0 amide bonds. The molecule has 5 heteroatoms. The summed E-state index contributed by atoms with van der Waals surface area (Å²) < 4.78 is 0. The van der Waals surface area contributed by atoms with E-state index in [2.05, 4.69) is 45.8 Å². The number of hydrogen-bond acceptors (Lipinski definition) is 4. The maximum Gasteiger partial charge on any atom is 0.115 e. The Hall–Kier alpha value is -3.08. The van der Waals surface area contributed by atoms with Crippen molar-refractivity contribution in [2.75, 3.05) is 5.32 Å². The van der Waals surface area contributed by atoms with Crippen LogP contribution in [0, 0.1) is 5.92 Å². The first kappa shape index (κ1) is 14.5. The minimum absolute atomic E-state index is 0.452. The molecule has 0 radical (unpaired) electrons. The Morgan fingerprint density at radius 2 is 2.00 bits per heavy atom. The van der Waals surface area contributed by atoms with E-state index in [1.54, 1.807) is 0 Å². The monoisotopic (exact) mass is 317 g/mol. The number of fused-ring (bicyclic) bond motifs is 1. The lowest BCUT2D eigenvalue weighted by Gasteiger charge is -2.10. The molecule has 0 saturated heterocycles. The van der Waals surface area contributed by atoms with Crippen LogP contribution < -0.4 is 11.1 Å². The van der Waals surface area contributed by atoms with Gasteiger partial charge in [-0.2, -0.15) is 5.10 Å². The van der Waals surface area contributed by atoms with E-state index in [1.165, 1.54) is 12.8 Å². The number of anilines is 1. The van der Waals surface area contributed by atoms with Crippen LogP contribution in [-0.2, 0) is 0 Å². The van der Waals surface area contributed by atoms with E-state index >= 15 is 0 Å². The van der Waals surface area contributed by atoms with Gasteiger partial charge in [-0.25, -0.2) is 0 Å². The zero-order chi connectivity index (χ0) is 16.7. The molecule has 24 heavy (non-hydrogen) atoms. The van der Waals surface area contributed by atoms with Crippen LogP contribution in [0.25, 0.3) is 27.7 Å². The van der Waals surface area contributed by atoms with E-state index in [1.807, 2.05) is 24.5 Å². The lowest BCUT2D eigenvalue weighted by molar-refractivity contribution is 1.02. The third kappa shape index (κ3) is 2.65. The summed E-state index contributed by atoms with van der Waals surface area (Å²) >= 11 is 0. The molecule has 0 bridgehead atoms. The zero-order valence-electron chi connectivity index (χ0n) is 13.3. The number of nitrogens with one attached hydrogen (secondary N) is 2. The number of nitrogens with zero attached hydrogens (tertiary/aromatic N) is 2. The molecule has 120 valence electrons. The van der Waals surface area contributed by atoms with Crippen LogP contribution in [0.15, 0.2) is 55.5 Å². The summed E-state index contributed by atoms with van der Waals surface area (Å²) in [4.78, 5) is 4.35. The topological polar surface area (TPSA) is 79.6 Å². The number of aromatic amines is 1. The number of allylic oxidation sites excluding steroid dienone is 1. The maximum atomic E-state index is 5.82. The summed E-state index contributed by atoms with van der Waals surface area (Å²) in [7, 11) is 0.